The maximum absolute atomic E-state index is 3.71. The van der Waals surface area contributed by atoms with Gasteiger partial charge < -0.3 is 5.32 Å². The summed E-state index contributed by atoms with van der Waals surface area (Å²) >= 11 is 1.90. The molecular weight excluding hydrogens is 238 g/mol. The average molecular weight is 265 g/mol. The van der Waals surface area contributed by atoms with Crippen molar-refractivity contribution in [3.63, 3.8) is 0 Å². The molecule has 1 aliphatic rings. The van der Waals surface area contributed by atoms with Crippen molar-refractivity contribution in [3.8, 4) is 0 Å². The third-order valence-electron chi connectivity index (χ3n) is 4.10. The van der Waals surface area contributed by atoms with Crippen LogP contribution in [0.25, 0.3) is 0 Å². The summed E-state index contributed by atoms with van der Waals surface area (Å²) in [5.41, 5.74) is 1.87. The van der Waals surface area contributed by atoms with Crippen LogP contribution in [-0.2, 0) is 0 Å². The van der Waals surface area contributed by atoms with E-state index in [9.17, 15) is 0 Å². The minimum Gasteiger partial charge on any atom is -0.312 e. The van der Waals surface area contributed by atoms with Gasteiger partial charge in [-0.25, -0.2) is 0 Å². The minimum absolute atomic E-state index is 0.242. The molecule has 1 fully saturated rings. The highest BCUT2D eigenvalue weighted by Crippen LogP contribution is 2.40. The van der Waals surface area contributed by atoms with E-state index in [1.807, 2.05) is 11.3 Å². The van der Waals surface area contributed by atoms with E-state index in [0.29, 0.717) is 0 Å². The fraction of sp³-hybridized carbons (Fsp3) is 0.750. The molecule has 1 nitrogen and oxygen atoms in total. The largest absolute Gasteiger partial charge is 0.312 e. The number of rotatable bonds is 3. The summed E-state index contributed by atoms with van der Waals surface area (Å²) in [5, 5.41) is 5.96. The number of thiophene rings is 1. The van der Waals surface area contributed by atoms with Crippen LogP contribution in [0.15, 0.2) is 11.4 Å². The quantitative estimate of drug-likeness (QED) is 0.834. The lowest BCUT2D eigenvalue weighted by Gasteiger charge is -2.34. The Labute approximate surface area is 116 Å². The van der Waals surface area contributed by atoms with E-state index in [0.717, 1.165) is 11.8 Å². The Bertz CT molecular complexity index is 375. The molecule has 18 heavy (non-hydrogen) atoms. The van der Waals surface area contributed by atoms with Crippen molar-refractivity contribution in [1.82, 2.24) is 5.32 Å². The van der Waals surface area contributed by atoms with Crippen LogP contribution in [0.5, 0.6) is 0 Å². The number of nitrogens with one attached hydrogen (secondary N) is 1. The van der Waals surface area contributed by atoms with Gasteiger partial charge in [0.25, 0.3) is 0 Å². The monoisotopic (exact) mass is 265 g/mol. The zero-order valence-corrected chi connectivity index (χ0v) is 13.1. The van der Waals surface area contributed by atoms with Gasteiger partial charge in [-0.05, 0) is 75.9 Å². The van der Waals surface area contributed by atoms with Crippen molar-refractivity contribution in [2.24, 2.45) is 5.92 Å². The van der Waals surface area contributed by atoms with Gasteiger partial charge in [-0.2, -0.15) is 0 Å². The van der Waals surface area contributed by atoms with Crippen LogP contribution in [-0.4, -0.2) is 12.1 Å². The van der Waals surface area contributed by atoms with Gasteiger partial charge >= 0.3 is 0 Å². The predicted octanol–water partition coefficient (Wildman–Crippen LogP) is 4.72. The fourth-order valence-corrected chi connectivity index (χ4v) is 3.85. The van der Waals surface area contributed by atoms with Crippen LogP contribution < -0.4 is 5.32 Å². The zero-order chi connectivity index (χ0) is 13.2. The highest BCUT2D eigenvalue weighted by atomic mass is 32.1. The van der Waals surface area contributed by atoms with Crippen LogP contribution in [0.2, 0.25) is 0 Å². The van der Waals surface area contributed by atoms with Crippen LogP contribution in [0.4, 0.5) is 0 Å². The second-order valence-corrected chi connectivity index (χ2v) is 7.83. The SMILES string of the molecule is Cc1sccc1C1CCCCC1CNC(C)(C)C. The smallest absolute Gasteiger partial charge is 0.00966 e. The number of hydrogen-bond acceptors (Lipinski definition) is 2. The molecule has 1 saturated carbocycles. The number of hydrogen-bond donors (Lipinski definition) is 1. The molecule has 1 N–H and O–H groups in total. The Hall–Kier alpha value is -0.340. The van der Waals surface area contributed by atoms with Gasteiger partial charge in [0.15, 0.2) is 0 Å². The van der Waals surface area contributed by atoms with E-state index < -0.39 is 0 Å². The molecule has 0 saturated heterocycles. The Kier molecular flexibility index (Phi) is 4.50. The third kappa shape index (κ3) is 3.58. The van der Waals surface area contributed by atoms with E-state index in [4.69, 9.17) is 0 Å². The van der Waals surface area contributed by atoms with Crippen molar-refractivity contribution in [2.45, 2.75) is 64.8 Å². The summed E-state index contributed by atoms with van der Waals surface area (Å²) in [6.07, 6.45) is 5.60. The van der Waals surface area contributed by atoms with Crippen molar-refractivity contribution in [3.05, 3.63) is 21.9 Å². The molecule has 0 radical (unpaired) electrons. The first kappa shape index (κ1) is 14.1. The maximum Gasteiger partial charge on any atom is 0.00966 e. The summed E-state index contributed by atoms with van der Waals surface area (Å²) in [6, 6.07) is 2.36. The number of aryl methyl sites for hydroxylation is 1. The molecule has 0 amide bonds. The molecule has 0 aromatic carbocycles. The van der Waals surface area contributed by atoms with Crippen LogP contribution in [0, 0.1) is 12.8 Å². The molecule has 0 bridgehead atoms. The lowest BCUT2D eigenvalue weighted by atomic mass is 9.75. The molecule has 2 atom stereocenters. The summed E-state index contributed by atoms with van der Waals surface area (Å²) in [5.74, 6) is 1.62. The second-order valence-electron chi connectivity index (χ2n) is 6.71. The molecule has 1 heterocycles. The lowest BCUT2D eigenvalue weighted by Crippen LogP contribution is -2.41. The van der Waals surface area contributed by atoms with Gasteiger partial charge in [-0.15, -0.1) is 11.3 Å². The van der Waals surface area contributed by atoms with Crippen molar-refractivity contribution in [2.75, 3.05) is 6.54 Å². The first-order chi connectivity index (χ1) is 8.47. The molecule has 1 aromatic heterocycles. The van der Waals surface area contributed by atoms with Crippen LogP contribution >= 0.6 is 11.3 Å². The normalized spacial score (nSPS) is 25.3. The highest BCUT2D eigenvalue weighted by molar-refractivity contribution is 7.10. The zero-order valence-electron chi connectivity index (χ0n) is 12.3. The second kappa shape index (κ2) is 5.75. The highest BCUT2D eigenvalue weighted by Gasteiger charge is 2.28. The molecule has 2 heteroatoms. The average Bonchev–Trinajstić information content (AvgIpc) is 2.72. The Balaban J connectivity index is 2.05. The van der Waals surface area contributed by atoms with E-state index >= 15 is 0 Å². The maximum atomic E-state index is 3.71. The van der Waals surface area contributed by atoms with Gasteiger partial charge in [0.2, 0.25) is 0 Å². The molecule has 1 aromatic rings. The summed E-state index contributed by atoms with van der Waals surface area (Å²) in [7, 11) is 0. The molecular formula is C16H27NS. The Morgan fingerprint density at radius 1 is 1.28 bits per heavy atom. The van der Waals surface area contributed by atoms with Crippen LogP contribution in [0.3, 0.4) is 0 Å². The standard InChI is InChI=1S/C16H27NS/c1-12-14(9-10-18-12)15-8-6-5-7-13(15)11-17-16(2,3)4/h9-10,13,15,17H,5-8,11H2,1-4H3. The summed E-state index contributed by atoms with van der Waals surface area (Å²) in [6.45, 7) is 10.2. The Morgan fingerprint density at radius 2 is 2.00 bits per heavy atom. The first-order valence-corrected chi connectivity index (χ1v) is 8.14. The van der Waals surface area contributed by atoms with Crippen molar-refractivity contribution >= 4 is 11.3 Å². The van der Waals surface area contributed by atoms with Crippen molar-refractivity contribution in [1.29, 1.82) is 0 Å². The molecule has 1 aliphatic carbocycles. The summed E-state index contributed by atoms with van der Waals surface area (Å²) < 4.78 is 0. The minimum atomic E-state index is 0.242. The topological polar surface area (TPSA) is 12.0 Å². The van der Waals surface area contributed by atoms with E-state index in [1.165, 1.54) is 37.1 Å². The van der Waals surface area contributed by atoms with Gasteiger partial charge in [0.1, 0.15) is 0 Å². The van der Waals surface area contributed by atoms with Gasteiger partial charge in [-0.1, -0.05) is 12.8 Å². The molecule has 102 valence electrons. The molecule has 2 rings (SSSR count). The molecule has 0 spiro atoms. The lowest BCUT2D eigenvalue weighted by molar-refractivity contribution is 0.269. The summed E-state index contributed by atoms with van der Waals surface area (Å²) in [4.78, 5) is 1.53. The van der Waals surface area contributed by atoms with Crippen molar-refractivity contribution < 1.29 is 0 Å². The Morgan fingerprint density at radius 3 is 2.61 bits per heavy atom. The molecule has 0 aliphatic heterocycles. The fourth-order valence-electron chi connectivity index (χ4n) is 3.08. The van der Waals surface area contributed by atoms with Gasteiger partial charge in [0.05, 0.1) is 0 Å². The first-order valence-electron chi connectivity index (χ1n) is 7.26. The van der Waals surface area contributed by atoms with Gasteiger partial charge in [-0.3, -0.25) is 0 Å². The predicted molar refractivity (Wildman–Crippen MR) is 81.5 cm³/mol. The molecule has 2 unspecified atom stereocenters. The van der Waals surface area contributed by atoms with Crippen LogP contribution in [0.1, 0.15) is 62.8 Å². The van der Waals surface area contributed by atoms with E-state index in [1.54, 1.807) is 5.56 Å². The van der Waals surface area contributed by atoms with Gasteiger partial charge in [0, 0.05) is 10.4 Å². The third-order valence-corrected chi connectivity index (χ3v) is 4.96. The van der Waals surface area contributed by atoms with E-state index in [-0.39, 0.29) is 5.54 Å². The van der Waals surface area contributed by atoms with E-state index in [2.05, 4.69) is 44.5 Å².